The Morgan fingerprint density at radius 3 is 2.08 bits per heavy atom. The van der Waals surface area contributed by atoms with Crippen molar-refractivity contribution >= 4 is 33.0 Å². The highest BCUT2D eigenvalue weighted by molar-refractivity contribution is 7.91. The van der Waals surface area contributed by atoms with Gasteiger partial charge in [0.2, 0.25) is 5.91 Å². The molecule has 0 atom stereocenters. The number of amides is 1. The number of hydrogen-bond acceptors (Lipinski definition) is 3. The fourth-order valence-electron chi connectivity index (χ4n) is 2.02. The Morgan fingerprint density at radius 1 is 1.00 bits per heavy atom. The van der Waals surface area contributed by atoms with Crippen LogP contribution in [0.25, 0.3) is 0 Å². The van der Waals surface area contributed by atoms with Crippen LogP contribution in [-0.4, -0.2) is 20.1 Å². The predicted octanol–water partition coefficient (Wildman–Crippen LogP) is 3.91. The number of sulfone groups is 1. The molecule has 0 spiro atoms. The second kappa shape index (κ2) is 7.45. The monoisotopic (exact) mass is 391 g/mol. The summed E-state index contributed by atoms with van der Waals surface area (Å²) in [6, 6.07) is 9.87. The first-order chi connectivity index (χ1) is 11.5. The number of nitrogens with one attached hydrogen (secondary N) is 1. The lowest BCUT2D eigenvalue weighted by Crippen LogP contribution is -2.24. The molecule has 134 valence electrons. The van der Waals surface area contributed by atoms with Crippen molar-refractivity contribution in [2.75, 3.05) is 11.1 Å². The minimum absolute atomic E-state index is 0.0830. The van der Waals surface area contributed by atoms with Crippen molar-refractivity contribution in [2.24, 2.45) is 0 Å². The molecular weight excluding hydrogens is 379 g/mol. The maximum Gasteiger partial charge on any atom is 0.416 e. The van der Waals surface area contributed by atoms with E-state index in [2.05, 4.69) is 5.32 Å². The van der Waals surface area contributed by atoms with Gasteiger partial charge in [-0.1, -0.05) is 23.7 Å². The molecule has 0 saturated carbocycles. The average Bonchev–Trinajstić information content (AvgIpc) is 2.48. The normalized spacial score (nSPS) is 12.0. The molecule has 0 aliphatic heterocycles. The highest BCUT2D eigenvalue weighted by Crippen LogP contribution is 2.29. The van der Waals surface area contributed by atoms with E-state index in [1.807, 2.05) is 0 Å². The van der Waals surface area contributed by atoms with Gasteiger partial charge in [-0.15, -0.1) is 0 Å². The largest absolute Gasteiger partial charge is 0.416 e. The zero-order valence-electron chi connectivity index (χ0n) is 12.7. The molecule has 0 aliphatic rings. The van der Waals surface area contributed by atoms with E-state index in [-0.39, 0.29) is 11.4 Å². The van der Waals surface area contributed by atoms with Gasteiger partial charge in [-0.3, -0.25) is 4.79 Å². The van der Waals surface area contributed by atoms with Crippen molar-refractivity contribution in [3.63, 3.8) is 0 Å². The molecule has 0 heterocycles. The quantitative estimate of drug-likeness (QED) is 0.840. The van der Waals surface area contributed by atoms with Gasteiger partial charge in [0.05, 0.1) is 11.3 Å². The number of hydrogen-bond donors (Lipinski definition) is 1. The molecule has 2 rings (SSSR count). The van der Waals surface area contributed by atoms with E-state index in [0.717, 1.165) is 24.3 Å². The van der Waals surface area contributed by atoms with Crippen molar-refractivity contribution in [2.45, 2.75) is 11.9 Å². The van der Waals surface area contributed by atoms with E-state index in [1.165, 1.54) is 24.3 Å². The highest BCUT2D eigenvalue weighted by Gasteiger charge is 2.30. The summed E-state index contributed by atoms with van der Waals surface area (Å²) in [6.07, 6.45) is -4.48. The highest BCUT2D eigenvalue weighted by atomic mass is 35.5. The van der Waals surface area contributed by atoms with E-state index in [1.54, 1.807) is 0 Å². The Balaban J connectivity index is 1.97. The predicted molar refractivity (Wildman–Crippen MR) is 89.0 cm³/mol. The summed E-state index contributed by atoms with van der Waals surface area (Å²) < 4.78 is 61.4. The summed E-state index contributed by atoms with van der Waals surface area (Å²) in [7, 11) is -3.73. The maximum absolute atomic E-state index is 12.5. The molecular formula is C16H13ClF3NO3S. The average molecular weight is 392 g/mol. The number of rotatable bonds is 5. The summed E-state index contributed by atoms with van der Waals surface area (Å²) in [5.41, 5.74) is -0.299. The van der Waals surface area contributed by atoms with Crippen LogP contribution in [0.4, 0.5) is 18.9 Å². The maximum atomic E-state index is 12.5. The number of anilines is 1. The second-order valence-electron chi connectivity index (χ2n) is 5.28. The number of carbonyl (C=O) groups excluding carboxylic acids is 1. The molecule has 0 aliphatic carbocycles. The number of halogens is 4. The minimum Gasteiger partial charge on any atom is -0.325 e. The third kappa shape index (κ3) is 6.06. The van der Waals surface area contributed by atoms with Gasteiger partial charge in [0.25, 0.3) is 0 Å². The lowest BCUT2D eigenvalue weighted by atomic mass is 10.2. The van der Waals surface area contributed by atoms with Gasteiger partial charge < -0.3 is 5.32 Å². The third-order valence-electron chi connectivity index (χ3n) is 3.15. The SMILES string of the molecule is O=C(CS(=O)(=O)Cc1ccc(Cl)cc1)Nc1ccc(C(F)(F)F)cc1. The minimum atomic E-state index is -4.48. The fourth-order valence-corrected chi connectivity index (χ4v) is 3.42. The van der Waals surface area contributed by atoms with Crippen molar-refractivity contribution in [1.82, 2.24) is 0 Å². The molecule has 0 bridgehead atoms. The van der Waals surface area contributed by atoms with Gasteiger partial charge in [-0.05, 0) is 42.0 Å². The Morgan fingerprint density at radius 2 is 1.56 bits per heavy atom. The first kappa shape index (κ1) is 19.3. The van der Waals surface area contributed by atoms with Gasteiger partial charge >= 0.3 is 6.18 Å². The van der Waals surface area contributed by atoms with Crippen molar-refractivity contribution in [3.05, 3.63) is 64.7 Å². The Bertz CT molecular complexity index is 848. The second-order valence-corrected chi connectivity index (χ2v) is 7.78. The molecule has 1 N–H and O–H groups in total. The van der Waals surface area contributed by atoms with Crippen LogP contribution in [0.5, 0.6) is 0 Å². The third-order valence-corrected chi connectivity index (χ3v) is 4.87. The zero-order chi connectivity index (χ0) is 18.7. The number of alkyl halides is 3. The summed E-state index contributed by atoms with van der Waals surface area (Å²) in [6.45, 7) is 0. The first-order valence-electron chi connectivity index (χ1n) is 6.97. The number of carbonyl (C=O) groups is 1. The summed E-state index contributed by atoms with van der Waals surface area (Å²) >= 11 is 5.71. The molecule has 4 nitrogen and oxygen atoms in total. The van der Waals surface area contributed by atoms with Crippen LogP contribution in [0.3, 0.4) is 0 Å². The molecule has 9 heteroatoms. The van der Waals surface area contributed by atoms with Crippen molar-refractivity contribution in [3.8, 4) is 0 Å². The molecule has 0 radical (unpaired) electrons. The smallest absolute Gasteiger partial charge is 0.325 e. The van der Waals surface area contributed by atoms with Crippen LogP contribution in [0, 0.1) is 0 Å². The van der Waals surface area contributed by atoms with Gasteiger partial charge in [0.1, 0.15) is 5.75 Å². The van der Waals surface area contributed by atoms with Crippen molar-refractivity contribution < 1.29 is 26.4 Å². The fraction of sp³-hybridized carbons (Fsp3) is 0.188. The molecule has 0 saturated heterocycles. The lowest BCUT2D eigenvalue weighted by Gasteiger charge is -2.09. The lowest BCUT2D eigenvalue weighted by molar-refractivity contribution is -0.137. The van der Waals surface area contributed by atoms with E-state index in [4.69, 9.17) is 11.6 Å². The van der Waals surface area contributed by atoms with Gasteiger partial charge in [0.15, 0.2) is 9.84 Å². The Labute approximate surface area is 147 Å². The van der Waals surface area contributed by atoms with Crippen LogP contribution < -0.4 is 5.32 Å². The zero-order valence-corrected chi connectivity index (χ0v) is 14.3. The van der Waals surface area contributed by atoms with E-state index < -0.39 is 33.2 Å². The number of benzene rings is 2. The topological polar surface area (TPSA) is 63.2 Å². The van der Waals surface area contributed by atoms with Gasteiger partial charge in [-0.25, -0.2) is 8.42 Å². The molecule has 1 amide bonds. The van der Waals surface area contributed by atoms with Gasteiger partial charge in [-0.2, -0.15) is 13.2 Å². The van der Waals surface area contributed by atoms with Gasteiger partial charge in [0, 0.05) is 10.7 Å². The van der Waals surface area contributed by atoms with Crippen LogP contribution in [0.15, 0.2) is 48.5 Å². The van der Waals surface area contributed by atoms with E-state index in [0.29, 0.717) is 10.6 Å². The molecule has 2 aromatic carbocycles. The van der Waals surface area contributed by atoms with E-state index >= 15 is 0 Å². The van der Waals surface area contributed by atoms with Crippen LogP contribution in [-0.2, 0) is 26.6 Å². The first-order valence-corrected chi connectivity index (χ1v) is 9.17. The summed E-state index contributed by atoms with van der Waals surface area (Å²) in [4.78, 5) is 11.8. The molecule has 0 unspecified atom stereocenters. The van der Waals surface area contributed by atoms with E-state index in [9.17, 15) is 26.4 Å². The van der Waals surface area contributed by atoms with Crippen LogP contribution in [0.2, 0.25) is 5.02 Å². The molecule has 0 fully saturated rings. The standard InChI is InChI=1S/C16H13ClF3NO3S/c17-13-5-1-11(2-6-13)9-25(23,24)10-15(22)21-14-7-3-12(4-8-14)16(18,19)20/h1-8H,9-10H2,(H,21,22). The van der Waals surface area contributed by atoms with Crippen LogP contribution in [0.1, 0.15) is 11.1 Å². The molecule has 2 aromatic rings. The van der Waals surface area contributed by atoms with Crippen LogP contribution >= 0.6 is 11.6 Å². The Kier molecular flexibility index (Phi) is 5.74. The molecule has 0 aromatic heterocycles. The summed E-state index contributed by atoms with van der Waals surface area (Å²) in [5.74, 6) is -1.95. The Hall–Kier alpha value is -2.06. The summed E-state index contributed by atoms with van der Waals surface area (Å²) in [5, 5.41) is 2.72. The van der Waals surface area contributed by atoms with Crippen molar-refractivity contribution in [1.29, 1.82) is 0 Å². The molecule has 25 heavy (non-hydrogen) atoms.